The fourth-order valence-electron chi connectivity index (χ4n) is 2.21. The van der Waals surface area contributed by atoms with Crippen LogP contribution >= 0.6 is 0 Å². The molecule has 0 aliphatic rings. The summed E-state index contributed by atoms with van der Waals surface area (Å²) in [6, 6.07) is 8.55. The molecule has 1 aromatic carbocycles. The van der Waals surface area contributed by atoms with Crippen LogP contribution in [-0.2, 0) is 9.53 Å². The fourth-order valence-corrected chi connectivity index (χ4v) is 2.21. The van der Waals surface area contributed by atoms with Gasteiger partial charge in [-0.25, -0.2) is 4.79 Å². The molecule has 0 heterocycles. The maximum Gasteiger partial charge on any atom is 0.410 e. The molecule has 1 atom stereocenters. The molecule has 0 fully saturated rings. The van der Waals surface area contributed by atoms with Crippen molar-refractivity contribution in [2.75, 3.05) is 13.6 Å². The normalized spacial score (nSPS) is 12.6. The Labute approximate surface area is 145 Å². The summed E-state index contributed by atoms with van der Waals surface area (Å²) in [6.45, 7) is 10.2. The monoisotopic (exact) mass is 334 g/mol. The lowest BCUT2D eigenvalue weighted by Crippen LogP contribution is -2.44. The number of ether oxygens (including phenoxy) is 1. The Kier molecular flexibility index (Phi) is 7.26. The first kappa shape index (κ1) is 20.0. The van der Waals surface area contributed by atoms with Crippen LogP contribution in [-0.4, -0.2) is 36.1 Å². The molecule has 1 rings (SSSR count). The summed E-state index contributed by atoms with van der Waals surface area (Å²) in [5.74, 6) is 0.305. The molecule has 0 spiro atoms. The Morgan fingerprint density at radius 1 is 1.17 bits per heavy atom. The molecule has 134 valence electrons. The molecule has 1 unspecified atom stereocenters. The first-order valence-electron chi connectivity index (χ1n) is 8.40. The zero-order valence-corrected chi connectivity index (χ0v) is 15.6. The van der Waals surface area contributed by atoms with E-state index in [-0.39, 0.29) is 5.91 Å². The van der Waals surface area contributed by atoms with Crippen molar-refractivity contribution in [3.8, 4) is 0 Å². The molecule has 0 aliphatic carbocycles. The van der Waals surface area contributed by atoms with Gasteiger partial charge in [0.25, 0.3) is 0 Å². The topological polar surface area (TPSA) is 58.6 Å². The highest BCUT2D eigenvalue weighted by Gasteiger charge is 2.31. The number of nitrogens with one attached hydrogen (secondary N) is 1. The van der Waals surface area contributed by atoms with Crippen molar-refractivity contribution >= 4 is 12.0 Å². The standard InChI is InChI=1S/C19H30N2O3/c1-14(2)12-13-20-17(22)16(15-10-8-7-9-11-15)21(6)18(23)24-19(3,4)5/h7-11,14,16H,12-13H2,1-6H3,(H,20,22). The minimum absolute atomic E-state index is 0.199. The number of amides is 2. The maximum absolute atomic E-state index is 12.7. The first-order chi connectivity index (χ1) is 11.1. The number of carbonyl (C=O) groups is 2. The molecule has 0 saturated carbocycles. The van der Waals surface area contributed by atoms with Crippen LogP contribution in [0.15, 0.2) is 30.3 Å². The van der Waals surface area contributed by atoms with E-state index in [1.807, 2.05) is 30.3 Å². The zero-order chi connectivity index (χ0) is 18.3. The summed E-state index contributed by atoms with van der Waals surface area (Å²) in [5, 5.41) is 2.92. The Morgan fingerprint density at radius 2 is 1.75 bits per heavy atom. The van der Waals surface area contributed by atoms with Gasteiger partial charge in [-0.05, 0) is 38.7 Å². The molecule has 0 bridgehead atoms. The minimum Gasteiger partial charge on any atom is -0.444 e. The summed E-state index contributed by atoms with van der Waals surface area (Å²) < 4.78 is 5.40. The van der Waals surface area contributed by atoms with Gasteiger partial charge in [0.05, 0.1) is 0 Å². The maximum atomic E-state index is 12.7. The highest BCUT2D eigenvalue weighted by Crippen LogP contribution is 2.22. The van der Waals surface area contributed by atoms with Gasteiger partial charge in [-0.1, -0.05) is 44.2 Å². The van der Waals surface area contributed by atoms with Crippen molar-refractivity contribution in [2.24, 2.45) is 5.92 Å². The van der Waals surface area contributed by atoms with Gasteiger partial charge in [-0.3, -0.25) is 9.69 Å². The van der Waals surface area contributed by atoms with Crippen molar-refractivity contribution < 1.29 is 14.3 Å². The van der Waals surface area contributed by atoms with E-state index in [0.29, 0.717) is 12.5 Å². The lowest BCUT2D eigenvalue weighted by molar-refractivity contribution is -0.126. The van der Waals surface area contributed by atoms with Crippen LogP contribution in [0.5, 0.6) is 0 Å². The second-order valence-electron chi connectivity index (χ2n) is 7.38. The number of carbonyl (C=O) groups excluding carboxylic acids is 2. The van der Waals surface area contributed by atoms with E-state index >= 15 is 0 Å². The molecule has 1 aromatic rings. The van der Waals surface area contributed by atoms with Crippen LogP contribution in [0.25, 0.3) is 0 Å². The van der Waals surface area contributed by atoms with Crippen molar-refractivity contribution in [1.82, 2.24) is 10.2 Å². The third kappa shape index (κ3) is 6.60. The lowest BCUT2D eigenvalue weighted by atomic mass is 10.0. The third-order valence-corrected chi connectivity index (χ3v) is 3.45. The largest absolute Gasteiger partial charge is 0.444 e. The van der Waals surface area contributed by atoms with E-state index in [4.69, 9.17) is 4.74 Å². The van der Waals surface area contributed by atoms with E-state index in [9.17, 15) is 9.59 Å². The molecule has 1 N–H and O–H groups in total. The van der Waals surface area contributed by atoms with Gasteiger partial charge >= 0.3 is 6.09 Å². The van der Waals surface area contributed by atoms with Gasteiger partial charge in [0.2, 0.25) is 5.91 Å². The Balaban J connectivity index is 2.93. The zero-order valence-electron chi connectivity index (χ0n) is 15.6. The predicted octanol–water partition coefficient (Wildman–Crippen LogP) is 3.76. The van der Waals surface area contributed by atoms with Gasteiger partial charge in [0.15, 0.2) is 0 Å². The highest BCUT2D eigenvalue weighted by atomic mass is 16.6. The number of likely N-dealkylation sites (N-methyl/N-ethyl adjacent to an activating group) is 1. The minimum atomic E-state index is -0.715. The number of nitrogens with zero attached hydrogens (tertiary/aromatic N) is 1. The summed E-state index contributed by atoms with van der Waals surface area (Å²) in [5.41, 5.74) is 0.147. The Bertz CT molecular complexity index is 535. The van der Waals surface area contributed by atoms with E-state index in [1.165, 1.54) is 4.90 Å². The molecule has 0 saturated heterocycles. The summed E-state index contributed by atoms with van der Waals surface area (Å²) in [4.78, 5) is 26.4. The van der Waals surface area contributed by atoms with E-state index < -0.39 is 17.7 Å². The van der Waals surface area contributed by atoms with Crippen molar-refractivity contribution in [1.29, 1.82) is 0 Å². The summed E-state index contributed by atoms with van der Waals surface area (Å²) in [7, 11) is 1.59. The quantitative estimate of drug-likeness (QED) is 0.862. The van der Waals surface area contributed by atoms with E-state index in [1.54, 1.807) is 27.8 Å². The molecular formula is C19H30N2O3. The van der Waals surface area contributed by atoms with E-state index in [2.05, 4.69) is 19.2 Å². The number of rotatable bonds is 6. The molecular weight excluding hydrogens is 304 g/mol. The van der Waals surface area contributed by atoms with Crippen LogP contribution in [0, 0.1) is 5.92 Å². The van der Waals surface area contributed by atoms with Crippen molar-refractivity contribution in [3.05, 3.63) is 35.9 Å². The smallest absolute Gasteiger partial charge is 0.410 e. The Hall–Kier alpha value is -2.04. The van der Waals surface area contributed by atoms with Crippen LogP contribution in [0.4, 0.5) is 4.79 Å². The highest BCUT2D eigenvalue weighted by molar-refractivity contribution is 5.86. The average molecular weight is 334 g/mol. The van der Waals surface area contributed by atoms with Gasteiger partial charge in [-0.15, -0.1) is 0 Å². The molecule has 5 heteroatoms. The van der Waals surface area contributed by atoms with Crippen molar-refractivity contribution in [3.63, 3.8) is 0 Å². The van der Waals surface area contributed by atoms with Gasteiger partial charge < -0.3 is 10.1 Å². The van der Waals surface area contributed by atoms with Crippen LogP contribution < -0.4 is 5.32 Å². The predicted molar refractivity (Wildman–Crippen MR) is 95.6 cm³/mol. The summed E-state index contributed by atoms with van der Waals surface area (Å²) >= 11 is 0. The van der Waals surface area contributed by atoms with Gasteiger partial charge in [0.1, 0.15) is 11.6 Å². The fraction of sp³-hybridized carbons (Fsp3) is 0.579. The molecule has 0 aliphatic heterocycles. The van der Waals surface area contributed by atoms with E-state index in [0.717, 1.165) is 12.0 Å². The number of benzene rings is 1. The molecule has 2 amide bonds. The summed E-state index contributed by atoms with van der Waals surface area (Å²) in [6.07, 6.45) is 0.374. The third-order valence-electron chi connectivity index (χ3n) is 3.45. The van der Waals surface area contributed by atoms with Gasteiger partial charge in [0, 0.05) is 13.6 Å². The van der Waals surface area contributed by atoms with Crippen LogP contribution in [0.3, 0.4) is 0 Å². The molecule has 5 nitrogen and oxygen atoms in total. The number of hydrogen-bond donors (Lipinski definition) is 1. The molecule has 0 aromatic heterocycles. The SMILES string of the molecule is CC(C)CCNC(=O)C(c1ccccc1)N(C)C(=O)OC(C)(C)C. The average Bonchev–Trinajstić information content (AvgIpc) is 2.46. The molecule has 24 heavy (non-hydrogen) atoms. The van der Waals surface area contributed by atoms with Crippen LogP contribution in [0.2, 0.25) is 0 Å². The first-order valence-corrected chi connectivity index (χ1v) is 8.40. The van der Waals surface area contributed by atoms with Gasteiger partial charge in [-0.2, -0.15) is 0 Å². The lowest BCUT2D eigenvalue weighted by Gasteiger charge is -2.30. The number of hydrogen-bond acceptors (Lipinski definition) is 3. The molecule has 0 radical (unpaired) electrons. The second-order valence-corrected chi connectivity index (χ2v) is 7.38. The Morgan fingerprint density at radius 3 is 2.25 bits per heavy atom. The second kappa shape index (κ2) is 8.71. The van der Waals surface area contributed by atoms with Crippen molar-refractivity contribution in [2.45, 2.75) is 52.7 Å². The van der Waals surface area contributed by atoms with Crippen LogP contribution in [0.1, 0.15) is 52.6 Å².